The van der Waals surface area contributed by atoms with E-state index in [0.29, 0.717) is 13.0 Å². The summed E-state index contributed by atoms with van der Waals surface area (Å²) in [5, 5.41) is 0. The van der Waals surface area contributed by atoms with Gasteiger partial charge in [-0.25, -0.2) is 0 Å². The van der Waals surface area contributed by atoms with Crippen LogP contribution in [-0.4, -0.2) is 85.9 Å². The zero-order chi connectivity index (χ0) is 29.0. The lowest BCUT2D eigenvalue weighted by molar-refractivity contribution is -0.913. The highest BCUT2D eigenvalue weighted by molar-refractivity contribution is 5.87. The lowest BCUT2D eigenvalue weighted by Crippen LogP contribution is -2.57. The van der Waals surface area contributed by atoms with Gasteiger partial charge in [-0.05, 0) is 46.0 Å². The molecule has 232 valence electrons. The fraction of sp³-hybridized carbons (Fsp3) is 0.971. The molecule has 0 aliphatic carbocycles. The van der Waals surface area contributed by atoms with Crippen LogP contribution in [0.5, 0.6) is 0 Å². The lowest BCUT2D eigenvalue weighted by atomic mass is 9.94. The van der Waals surface area contributed by atoms with E-state index in [1.807, 2.05) is 6.92 Å². The number of likely N-dealkylation sites (N-methyl/N-ethyl adjacent to an activating group) is 1. The van der Waals surface area contributed by atoms with Crippen LogP contribution in [0.4, 0.5) is 0 Å². The van der Waals surface area contributed by atoms with Gasteiger partial charge in [0.15, 0.2) is 5.78 Å². The van der Waals surface area contributed by atoms with Crippen molar-refractivity contribution in [1.29, 1.82) is 0 Å². The third-order valence-corrected chi connectivity index (χ3v) is 9.63. The highest BCUT2D eigenvalue weighted by Gasteiger charge is 2.34. The summed E-state index contributed by atoms with van der Waals surface area (Å²) in [6.07, 6.45) is 19.1. The van der Waals surface area contributed by atoms with Gasteiger partial charge in [-0.1, -0.05) is 91.9 Å². The number of rotatable bonds is 25. The Hall–Kier alpha value is -0.490. The molecule has 1 fully saturated rings. The van der Waals surface area contributed by atoms with Crippen molar-refractivity contribution in [2.24, 2.45) is 0 Å². The quantitative estimate of drug-likeness (QED) is 0.0844. The number of ether oxygens (including phenoxy) is 2. The maximum atomic E-state index is 13.2. The van der Waals surface area contributed by atoms with Gasteiger partial charge in [0.25, 0.3) is 0 Å². The van der Waals surface area contributed by atoms with Crippen molar-refractivity contribution in [2.75, 3.05) is 59.5 Å². The topological polar surface area (TPSA) is 38.8 Å². The van der Waals surface area contributed by atoms with Gasteiger partial charge in [0, 0.05) is 32.7 Å². The molecule has 0 aromatic heterocycles. The number of nitrogens with zero attached hydrogens (tertiary/aromatic N) is 2. The molecule has 1 saturated heterocycles. The minimum absolute atomic E-state index is 0.173. The van der Waals surface area contributed by atoms with E-state index >= 15 is 0 Å². The van der Waals surface area contributed by atoms with E-state index in [2.05, 4.69) is 46.6 Å². The summed E-state index contributed by atoms with van der Waals surface area (Å²) in [5.74, 6) is 0.253. The smallest absolute Gasteiger partial charge is 0.165 e. The third-order valence-electron chi connectivity index (χ3n) is 9.63. The maximum Gasteiger partial charge on any atom is 0.165 e. The highest BCUT2D eigenvalue weighted by atomic mass is 16.5. The second kappa shape index (κ2) is 20.4. The van der Waals surface area contributed by atoms with E-state index in [-0.39, 0.29) is 11.4 Å². The fourth-order valence-electron chi connectivity index (χ4n) is 5.63. The molecule has 0 radical (unpaired) electrons. The molecule has 1 aliphatic heterocycles. The van der Waals surface area contributed by atoms with Gasteiger partial charge in [-0.3, -0.25) is 9.69 Å². The normalized spacial score (nSPS) is 19.1. The molecule has 0 bridgehead atoms. The van der Waals surface area contributed by atoms with Crippen molar-refractivity contribution in [3.05, 3.63) is 0 Å². The Morgan fingerprint density at radius 3 is 1.85 bits per heavy atom. The van der Waals surface area contributed by atoms with Gasteiger partial charge in [-0.15, -0.1) is 0 Å². The van der Waals surface area contributed by atoms with Crippen molar-refractivity contribution in [3.63, 3.8) is 0 Å². The molecular formula is C34H69N2O3+. The van der Waals surface area contributed by atoms with Crippen molar-refractivity contribution < 1.29 is 18.8 Å². The van der Waals surface area contributed by atoms with Gasteiger partial charge in [0.2, 0.25) is 0 Å². The molecule has 1 rings (SSSR count). The monoisotopic (exact) mass is 554 g/mol. The van der Waals surface area contributed by atoms with E-state index in [9.17, 15) is 4.79 Å². The van der Waals surface area contributed by atoms with Crippen molar-refractivity contribution in [2.45, 2.75) is 155 Å². The summed E-state index contributed by atoms with van der Waals surface area (Å²) >= 11 is 0. The molecular weight excluding hydrogens is 484 g/mol. The molecule has 5 nitrogen and oxygen atoms in total. The first kappa shape index (κ1) is 36.5. The van der Waals surface area contributed by atoms with Crippen molar-refractivity contribution in [1.82, 2.24) is 4.90 Å². The molecule has 0 saturated carbocycles. The molecule has 1 aliphatic rings. The minimum Gasteiger partial charge on any atom is -0.375 e. The standard InChI is InChI=1S/C34H69N2O3/c1-8-12-14-15-16-17-18-19-20-21-30-38-33(5,10-3)23-31-39-34(6,11-4)32(37)22-24-35-25-28-36(7,29-26-35)27-13-9-2/h8-31H2,1-7H3/q+1. The Kier molecular flexibility index (Phi) is 19.1. The van der Waals surface area contributed by atoms with Crippen molar-refractivity contribution in [3.8, 4) is 0 Å². The van der Waals surface area contributed by atoms with Crippen LogP contribution in [0, 0.1) is 0 Å². The number of piperazine rings is 1. The fourth-order valence-corrected chi connectivity index (χ4v) is 5.63. The number of quaternary nitrogens is 1. The van der Waals surface area contributed by atoms with Crippen LogP contribution in [0.2, 0.25) is 0 Å². The Labute approximate surface area is 244 Å². The minimum atomic E-state index is -0.688. The molecule has 0 amide bonds. The summed E-state index contributed by atoms with van der Waals surface area (Å²) in [6, 6.07) is 0. The highest BCUT2D eigenvalue weighted by Crippen LogP contribution is 2.25. The van der Waals surface area contributed by atoms with Gasteiger partial charge in [-0.2, -0.15) is 0 Å². The SMILES string of the molecule is CCCCCCCCCCCCOC(C)(CC)CCOC(C)(CC)C(=O)CCN1CC[N+](C)(CCCC)CC1. The second-order valence-corrected chi connectivity index (χ2v) is 13.2. The number of carbonyl (C=O) groups is 1. The molecule has 39 heavy (non-hydrogen) atoms. The average molecular weight is 554 g/mol. The number of unbranched alkanes of at least 4 members (excludes halogenated alkanes) is 10. The van der Waals surface area contributed by atoms with Crippen molar-refractivity contribution >= 4 is 5.78 Å². The zero-order valence-corrected chi connectivity index (χ0v) is 27.6. The van der Waals surface area contributed by atoms with Crippen LogP contribution < -0.4 is 0 Å². The zero-order valence-electron chi connectivity index (χ0n) is 27.6. The molecule has 0 spiro atoms. The third kappa shape index (κ3) is 15.3. The number of Topliss-reactive ketones (excluding diaryl/α,β-unsaturated/α-hetero) is 1. The molecule has 2 atom stereocenters. The van der Waals surface area contributed by atoms with Crippen LogP contribution in [0.25, 0.3) is 0 Å². The van der Waals surface area contributed by atoms with Crippen LogP contribution >= 0.6 is 0 Å². The second-order valence-electron chi connectivity index (χ2n) is 13.2. The lowest BCUT2D eigenvalue weighted by Gasteiger charge is -2.42. The van der Waals surface area contributed by atoms with Gasteiger partial charge in [0.05, 0.1) is 38.9 Å². The summed E-state index contributed by atoms with van der Waals surface area (Å²) in [4.78, 5) is 15.7. The summed E-state index contributed by atoms with van der Waals surface area (Å²) in [6.45, 7) is 21.2. The summed E-state index contributed by atoms with van der Waals surface area (Å²) in [7, 11) is 2.39. The summed E-state index contributed by atoms with van der Waals surface area (Å²) < 4.78 is 13.9. The Morgan fingerprint density at radius 1 is 0.744 bits per heavy atom. The maximum absolute atomic E-state index is 13.2. The predicted molar refractivity (Wildman–Crippen MR) is 168 cm³/mol. The van der Waals surface area contributed by atoms with E-state index in [1.165, 1.54) is 94.7 Å². The largest absolute Gasteiger partial charge is 0.375 e. The summed E-state index contributed by atoms with van der Waals surface area (Å²) in [5.41, 5.74) is -0.861. The average Bonchev–Trinajstić information content (AvgIpc) is 2.94. The Bertz CT molecular complexity index is 620. The Balaban J connectivity index is 2.27. The first-order chi connectivity index (χ1) is 18.7. The molecule has 0 aromatic carbocycles. The van der Waals surface area contributed by atoms with E-state index in [1.54, 1.807) is 0 Å². The molecule has 5 heteroatoms. The molecule has 0 N–H and O–H groups in total. The first-order valence-corrected chi connectivity index (χ1v) is 17.0. The van der Waals surface area contributed by atoms with Gasteiger partial charge in [0.1, 0.15) is 5.60 Å². The Morgan fingerprint density at radius 2 is 1.31 bits per heavy atom. The van der Waals surface area contributed by atoms with E-state index < -0.39 is 5.60 Å². The number of carbonyl (C=O) groups excluding carboxylic acids is 1. The molecule has 0 aromatic rings. The number of ketones is 1. The van der Waals surface area contributed by atoms with E-state index in [0.717, 1.165) is 51.9 Å². The molecule has 1 heterocycles. The van der Waals surface area contributed by atoms with Crippen LogP contribution in [0.1, 0.15) is 144 Å². The van der Waals surface area contributed by atoms with Gasteiger partial charge >= 0.3 is 0 Å². The molecule has 2 unspecified atom stereocenters. The van der Waals surface area contributed by atoms with E-state index in [4.69, 9.17) is 9.47 Å². The van der Waals surface area contributed by atoms with Crippen LogP contribution in [0.3, 0.4) is 0 Å². The van der Waals surface area contributed by atoms with Gasteiger partial charge < -0.3 is 14.0 Å². The number of hydrogen-bond acceptors (Lipinski definition) is 4. The van der Waals surface area contributed by atoms with Crippen LogP contribution in [0.15, 0.2) is 0 Å². The predicted octanol–water partition coefficient (Wildman–Crippen LogP) is 8.19. The van der Waals surface area contributed by atoms with Crippen LogP contribution in [-0.2, 0) is 14.3 Å². The number of hydrogen-bond donors (Lipinski definition) is 0. The first-order valence-electron chi connectivity index (χ1n) is 17.0.